The van der Waals surface area contributed by atoms with E-state index in [2.05, 4.69) is 10.0 Å². The molecule has 106 valence electrons. The molecule has 1 rings (SSSR count). The van der Waals surface area contributed by atoms with Crippen LogP contribution < -0.4 is 10.0 Å². The first-order chi connectivity index (χ1) is 8.94. The molecule has 0 fully saturated rings. The zero-order valence-corrected chi connectivity index (χ0v) is 11.5. The first-order valence-corrected chi connectivity index (χ1v) is 7.61. The Morgan fingerprint density at radius 3 is 2.42 bits per heavy atom. The number of benzene rings is 1. The van der Waals surface area contributed by atoms with Crippen molar-refractivity contribution < 1.29 is 17.6 Å². The Bertz CT molecular complexity index is 514. The fourth-order valence-electron chi connectivity index (χ4n) is 1.33. The fourth-order valence-corrected chi connectivity index (χ4v) is 2.36. The Kier molecular flexibility index (Phi) is 5.91. The number of nitrogens with one attached hydrogen (secondary N) is 2. The van der Waals surface area contributed by atoms with Crippen LogP contribution in [0, 0.1) is 5.82 Å². The Morgan fingerprint density at radius 2 is 1.84 bits per heavy atom. The van der Waals surface area contributed by atoms with E-state index in [1.54, 1.807) is 0 Å². The van der Waals surface area contributed by atoms with Crippen molar-refractivity contribution in [2.45, 2.75) is 13.3 Å². The molecule has 7 heteroatoms. The van der Waals surface area contributed by atoms with E-state index in [-0.39, 0.29) is 12.3 Å². The molecule has 5 nitrogen and oxygen atoms in total. The van der Waals surface area contributed by atoms with Gasteiger partial charge in [-0.1, -0.05) is 6.92 Å². The molecule has 0 saturated heterocycles. The summed E-state index contributed by atoms with van der Waals surface area (Å²) in [4.78, 5) is 11.6. The van der Waals surface area contributed by atoms with Crippen molar-refractivity contribution in [3.8, 4) is 0 Å². The monoisotopic (exact) mass is 288 g/mol. The SMILES string of the molecule is CCCNS(=O)(=O)CCNC(=O)c1ccc(F)cc1. The third kappa shape index (κ3) is 5.80. The second-order valence-corrected chi connectivity index (χ2v) is 5.90. The standard InChI is InChI=1S/C12H17FN2O3S/c1-2-7-15-19(17,18)9-8-14-12(16)10-3-5-11(13)6-4-10/h3-6,15H,2,7-9H2,1H3,(H,14,16). The molecule has 0 atom stereocenters. The van der Waals surface area contributed by atoms with Gasteiger partial charge in [-0.05, 0) is 30.7 Å². The summed E-state index contributed by atoms with van der Waals surface area (Å²) in [7, 11) is -3.35. The lowest BCUT2D eigenvalue weighted by Crippen LogP contribution is -2.34. The van der Waals surface area contributed by atoms with E-state index in [9.17, 15) is 17.6 Å². The second kappa shape index (κ2) is 7.20. The van der Waals surface area contributed by atoms with Gasteiger partial charge in [-0.25, -0.2) is 17.5 Å². The van der Waals surface area contributed by atoms with E-state index in [0.717, 1.165) is 0 Å². The van der Waals surface area contributed by atoms with Gasteiger partial charge < -0.3 is 5.32 Å². The highest BCUT2D eigenvalue weighted by atomic mass is 32.2. The van der Waals surface area contributed by atoms with Gasteiger partial charge in [0.1, 0.15) is 5.82 Å². The quantitative estimate of drug-likeness (QED) is 0.782. The van der Waals surface area contributed by atoms with Gasteiger partial charge in [0.05, 0.1) is 5.75 Å². The molecule has 19 heavy (non-hydrogen) atoms. The predicted molar refractivity (Wildman–Crippen MR) is 70.8 cm³/mol. The Labute approximate surface area is 112 Å². The minimum atomic E-state index is -3.35. The molecule has 1 amide bonds. The zero-order valence-electron chi connectivity index (χ0n) is 10.6. The number of hydrogen-bond acceptors (Lipinski definition) is 3. The highest BCUT2D eigenvalue weighted by Gasteiger charge is 2.10. The average molecular weight is 288 g/mol. The van der Waals surface area contributed by atoms with Crippen molar-refractivity contribution in [1.29, 1.82) is 0 Å². The molecule has 1 aromatic rings. The van der Waals surface area contributed by atoms with Crippen molar-refractivity contribution in [3.63, 3.8) is 0 Å². The summed E-state index contributed by atoms with van der Waals surface area (Å²) in [5, 5.41) is 2.47. The van der Waals surface area contributed by atoms with Crippen LogP contribution in [0.25, 0.3) is 0 Å². The first kappa shape index (κ1) is 15.6. The van der Waals surface area contributed by atoms with E-state index in [0.29, 0.717) is 18.5 Å². The molecule has 0 unspecified atom stereocenters. The summed E-state index contributed by atoms with van der Waals surface area (Å²) >= 11 is 0. The zero-order chi connectivity index (χ0) is 14.3. The van der Waals surface area contributed by atoms with Gasteiger partial charge in [-0.15, -0.1) is 0 Å². The number of amides is 1. The minimum Gasteiger partial charge on any atom is -0.351 e. The summed E-state index contributed by atoms with van der Waals surface area (Å²) in [5.74, 6) is -1.03. The van der Waals surface area contributed by atoms with E-state index < -0.39 is 21.7 Å². The molecule has 0 saturated carbocycles. The van der Waals surface area contributed by atoms with Crippen LogP contribution in [-0.2, 0) is 10.0 Å². The predicted octanol–water partition coefficient (Wildman–Crippen LogP) is 0.885. The lowest BCUT2D eigenvalue weighted by molar-refractivity contribution is 0.0956. The van der Waals surface area contributed by atoms with Crippen LogP contribution in [0.1, 0.15) is 23.7 Å². The van der Waals surface area contributed by atoms with Crippen molar-refractivity contribution >= 4 is 15.9 Å². The van der Waals surface area contributed by atoms with Crippen molar-refractivity contribution in [3.05, 3.63) is 35.6 Å². The summed E-state index contributed by atoms with van der Waals surface area (Å²) in [6, 6.07) is 5.03. The summed E-state index contributed by atoms with van der Waals surface area (Å²) < 4.78 is 37.9. The van der Waals surface area contributed by atoms with Crippen LogP contribution in [-0.4, -0.2) is 33.2 Å². The van der Waals surface area contributed by atoms with Gasteiger partial charge >= 0.3 is 0 Å². The molecule has 0 aliphatic heterocycles. The minimum absolute atomic E-state index is 0.00918. The fraction of sp³-hybridized carbons (Fsp3) is 0.417. The molecule has 0 radical (unpaired) electrons. The number of carbonyl (C=O) groups excluding carboxylic acids is 1. The van der Waals surface area contributed by atoms with Crippen molar-refractivity contribution in [2.75, 3.05) is 18.8 Å². The van der Waals surface area contributed by atoms with E-state index >= 15 is 0 Å². The van der Waals surface area contributed by atoms with Gasteiger partial charge in [-0.2, -0.15) is 0 Å². The van der Waals surface area contributed by atoms with E-state index in [1.807, 2.05) is 6.92 Å². The van der Waals surface area contributed by atoms with Gasteiger partial charge in [0.25, 0.3) is 5.91 Å². The number of halogens is 1. The molecule has 0 bridgehead atoms. The van der Waals surface area contributed by atoms with E-state index in [4.69, 9.17) is 0 Å². The Hall–Kier alpha value is -1.47. The topological polar surface area (TPSA) is 75.3 Å². The van der Waals surface area contributed by atoms with Crippen LogP contribution in [0.5, 0.6) is 0 Å². The van der Waals surface area contributed by atoms with Crippen LogP contribution in [0.4, 0.5) is 4.39 Å². The molecule has 0 aliphatic carbocycles. The maximum atomic E-state index is 12.7. The number of rotatable bonds is 7. The number of sulfonamides is 1. The summed E-state index contributed by atoms with van der Waals surface area (Å²) in [5.41, 5.74) is 0.292. The van der Waals surface area contributed by atoms with Crippen LogP contribution >= 0.6 is 0 Å². The number of hydrogen-bond donors (Lipinski definition) is 2. The molecule has 1 aromatic carbocycles. The second-order valence-electron chi connectivity index (χ2n) is 3.98. The summed E-state index contributed by atoms with van der Waals surface area (Å²) in [6.07, 6.45) is 0.709. The maximum Gasteiger partial charge on any atom is 0.251 e. The molecule has 0 spiro atoms. The van der Waals surface area contributed by atoms with Crippen molar-refractivity contribution in [2.24, 2.45) is 0 Å². The molecule has 0 aliphatic rings. The van der Waals surface area contributed by atoms with Gasteiger partial charge in [0, 0.05) is 18.7 Å². The highest BCUT2D eigenvalue weighted by molar-refractivity contribution is 7.89. The van der Waals surface area contributed by atoms with Crippen LogP contribution in [0.3, 0.4) is 0 Å². The van der Waals surface area contributed by atoms with E-state index in [1.165, 1.54) is 24.3 Å². The summed E-state index contributed by atoms with van der Waals surface area (Å²) in [6.45, 7) is 2.25. The Morgan fingerprint density at radius 1 is 1.21 bits per heavy atom. The largest absolute Gasteiger partial charge is 0.351 e. The molecular weight excluding hydrogens is 271 g/mol. The van der Waals surface area contributed by atoms with Gasteiger partial charge in [0.15, 0.2) is 0 Å². The third-order valence-corrected chi connectivity index (χ3v) is 3.72. The smallest absolute Gasteiger partial charge is 0.251 e. The lowest BCUT2D eigenvalue weighted by Gasteiger charge is -2.07. The van der Waals surface area contributed by atoms with Crippen LogP contribution in [0.15, 0.2) is 24.3 Å². The third-order valence-electron chi connectivity index (χ3n) is 2.33. The van der Waals surface area contributed by atoms with Gasteiger partial charge in [0.2, 0.25) is 10.0 Å². The highest BCUT2D eigenvalue weighted by Crippen LogP contribution is 2.02. The normalized spacial score (nSPS) is 11.3. The van der Waals surface area contributed by atoms with Crippen molar-refractivity contribution in [1.82, 2.24) is 10.0 Å². The molecule has 0 heterocycles. The van der Waals surface area contributed by atoms with Gasteiger partial charge in [-0.3, -0.25) is 4.79 Å². The van der Waals surface area contributed by atoms with Crippen LogP contribution in [0.2, 0.25) is 0 Å². The molecule has 2 N–H and O–H groups in total. The maximum absolute atomic E-state index is 12.7. The Balaban J connectivity index is 2.41. The molecule has 0 aromatic heterocycles. The lowest BCUT2D eigenvalue weighted by atomic mass is 10.2. The average Bonchev–Trinajstić information content (AvgIpc) is 2.37. The number of carbonyl (C=O) groups is 1. The molecular formula is C12H17FN2O3S. The first-order valence-electron chi connectivity index (χ1n) is 5.95.